The third kappa shape index (κ3) is 5.50. The van der Waals surface area contributed by atoms with Crippen LogP contribution in [0.5, 0.6) is 0 Å². The van der Waals surface area contributed by atoms with Crippen molar-refractivity contribution in [3.63, 3.8) is 0 Å². The third-order valence-corrected chi connectivity index (χ3v) is 5.44. The summed E-state index contributed by atoms with van der Waals surface area (Å²) < 4.78 is 5.42. The van der Waals surface area contributed by atoms with Gasteiger partial charge in [0.25, 0.3) is 0 Å². The van der Waals surface area contributed by atoms with Gasteiger partial charge in [0.2, 0.25) is 11.9 Å². The maximum absolute atomic E-state index is 11.7. The van der Waals surface area contributed by atoms with E-state index in [9.17, 15) is 4.79 Å². The first-order valence-electron chi connectivity index (χ1n) is 11.1. The maximum Gasteiger partial charge on any atom is 0.247 e. The van der Waals surface area contributed by atoms with Crippen LogP contribution < -0.4 is 31.9 Å². The molecule has 0 bridgehead atoms. The summed E-state index contributed by atoms with van der Waals surface area (Å²) in [4.78, 5) is 24.5. The molecule has 0 aliphatic carbocycles. The second-order valence-corrected chi connectivity index (χ2v) is 7.74. The molecule has 1 saturated heterocycles. The van der Waals surface area contributed by atoms with Crippen molar-refractivity contribution in [3.05, 3.63) is 74.0 Å². The number of nitrogens with one attached hydrogen (secondary N) is 2. The van der Waals surface area contributed by atoms with Crippen molar-refractivity contribution in [2.75, 3.05) is 58.2 Å². The van der Waals surface area contributed by atoms with E-state index in [0.717, 1.165) is 37.7 Å². The van der Waals surface area contributed by atoms with E-state index in [0.29, 0.717) is 17.2 Å². The quantitative estimate of drug-likeness (QED) is 0.363. The highest BCUT2D eigenvalue weighted by molar-refractivity contribution is 5.99. The number of hydrogen-bond acceptors (Lipinski definition) is 9. The second-order valence-electron chi connectivity index (χ2n) is 7.74. The summed E-state index contributed by atoms with van der Waals surface area (Å²) in [6.45, 7) is 10.5. The lowest BCUT2D eigenvalue weighted by atomic mass is 10.2. The molecule has 1 aliphatic rings. The molecular weight excluding hydrogens is 444 g/mol. The van der Waals surface area contributed by atoms with Gasteiger partial charge in [-0.2, -0.15) is 9.97 Å². The lowest BCUT2D eigenvalue weighted by Gasteiger charge is -2.28. The largest absolute Gasteiger partial charge is 0.393 e. The van der Waals surface area contributed by atoms with Gasteiger partial charge in [0.1, 0.15) is 5.69 Å². The molecule has 10 heteroatoms. The highest BCUT2D eigenvalue weighted by Gasteiger charge is 2.17. The summed E-state index contributed by atoms with van der Waals surface area (Å²) in [5, 5.41) is 5.92. The van der Waals surface area contributed by atoms with Crippen molar-refractivity contribution in [1.82, 2.24) is 9.97 Å². The molecule has 4 rings (SSSR count). The normalized spacial score (nSPS) is 13.1. The zero-order chi connectivity index (χ0) is 24.8. The van der Waals surface area contributed by atoms with Crippen LogP contribution in [0.25, 0.3) is 0 Å². The molecule has 10 nitrogen and oxygen atoms in total. The molecule has 0 radical (unpaired) electrons. The van der Waals surface area contributed by atoms with E-state index in [1.807, 2.05) is 30.3 Å². The number of nitrogens with zero attached hydrogens (tertiary/aromatic N) is 4. The monoisotopic (exact) mass is 472 g/mol. The van der Waals surface area contributed by atoms with Gasteiger partial charge in [0.15, 0.2) is 11.6 Å². The molecule has 1 aliphatic heterocycles. The third-order valence-electron chi connectivity index (χ3n) is 5.44. The highest BCUT2D eigenvalue weighted by atomic mass is 16.5. The number of nitrogens with two attached hydrogens (primary N) is 2. The molecule has 0 spiro atoms. The van der Waals surface area contributed by atoms with E-state index >= 15 is 0 Å². The van der Waals surface area contributed by atoms with Gasteiger partial charge < -0.3 is 36.6 Å². The average molecular weight is 473 g/mol. The van der Waals surface area contributed by atoms with Crippen LogP contribution in [0.2, 0.25) is 0 Å². The molecule has 1 fully saturated rings. The number of rotatable bonds is 8. The van der Waals surface area contributed by atoms with Crippen LogP contribution in [0.15, 0.2) is 74.0 Å². The summed E-state index contributed by atoms with van der Waals surface area (Å²) >= 11 is 0. The van der Waals surface area contributed by atoms with Crippen LogP contribution in [0.3, 0.4) is 0 Å². The van der Waals surface area contributed by atoms with Gasteiger partial charge in [-0.25, -0.2) is 0 Å². The van der Waals surface area contributed by atoms with Crippen molar-refractivity contribution in [2.45, 2.75) is 0 Å². The number of benzene rings is 2. The van der Waals surface area contributed by atoms with Gasteiger partial charge in [0, 0.05) is 42.0 Å². The minimum atomic E-state index is -0.316. The molecular formula is C25H28N8O2. The average Bonchev–Trinajstić information content (AvgIpc) is 2.88. The molecule has 2 heterocycles. The smallest absolute Gasteiger partial charge is 0.247 e. The Hall–Kier alpha value is -4.57. The Bertz CT molecular complexity index is 1220. The summed E-state index contributed by atoms with van der Waals surface area (Å²) in [6.07, 6.45) is 2.76. The standard InChI is InChI=1S/C25H28N8O2/c1-3-21(34)28-18-6-5-7-20(16-18)33(4-2)24-22(26)23(27)30-25(31-24)29-17-8-10-19(11-9-17)32-12-14-35-15-13-32/h3-11,16H,1-2,12-15,26H2,(H,28,34)(H3,27,29,30,31). The van der Waals surface area contributed by atoms with Crippen LogP contribution in [0.1, 0.15) is 0 Å². The summed E-state index contributed by atoms with van der Waals surface area (Å²) in [7, 11) is 0. The number of carbonyl (C=O) groups excluding carboxylic acids is 1. The number of ether oxygens (including phenoxy) is 1. The Labute approximate surface area is 203 Å². The zero-order valence-corrected chi connectivity index (χ0v) is 19.3. The van der Waals surface area contributed by atoms with Crippen LogP contribution in [-0.4, -0.2) is 42.2 Å². The molecule has 2 aromatic carbocycles. The van der Waals surface area contributed by atoms with Gasteiger partial charge in [-0.1, -0.05) is 19.2 Å². The number of amides is 1. The van der Waals surface area contributed by atoms with E-state index in [4.69, 9.17) is 16.2 Å². The summed E-state index contributed by atoms with van der Waals surface area (Å²) in [6, 6.07) is 15.1. The summed E-state index contributed by atoms with van der Waals surface area (Å²) in [5.74, 6) is 0.454. The molecule has 1 amide bonds. The summed E-state index contributed by atoms with van der Waals surface area (Å²) in [5.41, 5.74) is 15.7. The minimum absolute atomic E-state index is 0.130. The van der Waals surface area contributed by atoms with Gasteiger partial charge >= 0.3 is 0 Å². The molecule has 3 aromatic rings. The van der Waals surface area contributed by atoms with E-state index in [1.165, 1.54) is 6.08 Å². The molecule has 1 aromatic heterocycles. The first-order chi connectivity index (χ1) is 17.0. The molecule has 6 N–H and O–H groups in total. The number of anilines is 8. The second kappa shape index (κ2) is 10.6. The predicted molar refractivity (Wildman–Crippen MR) is 141 cm³/mol. The van der Waals surface area contributed by atoms with Gasteiger partial charge in [0.05, 0.1) is 13.2 Å². The maximum atomic E-state index is 11.7. The van der Waals surface area contributed by atoms with Crippen molar-refractivity contribution >= 4 is 51.9 Å². The van der Waals surface area contributed by atoms with Crippen molar-refractivity contribution in [1.29, 1.82) is 0 Å². The van der Waals surface area contributed by atoms with Crippen LogP contribution >= 0.6 is 0 Å². The van der Waals surface area contributed by atoms with Crippen molar-refractivity contribution in [2.24, 2.45) is 0 Å². The first-order valence-corrected chi connectivity index (χ1v) is 11.1. The predicted octanol–water partition coefficient (Wildman–Crippen LogP) is 3.63. The number of carbonyl (C=O) groups is 1. The lowest BCUT2D eigenvalue weighted by Crippen LogP contribution is -2.36. The van der Waals surface area contributed by atoms with Gasteiger partial charge in [-0.3, -0.25) is 4.79 Å². The molecule has 0 saturated carbocycles. The molecule has 180 valence electrons. The fraction of sp³-hybridized carbons (Fsp3) is 0.160. The Balaban J connectivity index is 1.58. The SMILES string of the molecule is C=CC(=O)Nc1cccc(N(C=C)c2nc(Nc3ccc(N4CCOCC4)cc3)nc(N)c2N)c1. The van der Waals surface area contributed by atoms with Gasteiger partial charge in [-0.05, 0) is 48.5 Å². The van der Waals surface area contributed by atoms with Crippen molar-refractivity contribution < 1.29 is 9.53 Å². The zero-order valence-electron chi connectivity index (χ0n) is 19.3. The topological polar surface area (TPSA) is 135 Å². The highest BCUT2D eigenvalue weighted by Crippen LogP contribution is 2.34. The minimum Gasteiger partial charge on any atom is -0.393 e. The van der Waals surface area contributed by atoms with Gasteiger partial charge in [-0.15, -0.1) is 0 Å². The Morgan fingerprint density at radius 3 is 2.49 bits per heavy atom. The number of nitrogen functional groups attached to an aromatic ring is 2. The Morgan fingerprint density at radius 2 is 1.80 bits per heavy atom. The lowest BCUT2D eigenvalue weighted by molar-refractivity contribution is -0.111. The van der Waals surface area contributed by atoms with Crippen molar-refractivity contribution in [3.8, 4) is 0 Å². The van der Waals surface area contributed by atoms with Crippen LogP contribution in [-0.2, 0) is 9.53 Å². The fourth-order valence-electron chi connectivity index (χ4n) is 3.66. The molecule has 0 unspecified atom stereocenters. The fourth-order valence-corrected chi connectivity index (χ4v) is 3.66. The van der Waals surface area contributed by atoms with Crippen LogP contribution in [0, 0.1) is 0 Å². The Morgan fingerprint density at radius 1 is 1.06 bits per heavy atom. The molecule has 0 atom stereocenters. The first kappa shape index (κ1) is 23.6. The Kier molecular flexibility index (Phi) is 7.12. The number of morpholine rings is 1. The van der Waals surface area contributed by atoms with E-state index in [1.54, 1.807) is 29.3 Å². The van der Waals surface area contributed by atoms with E-state index in [2.05, 4.69) is 38.7 Å². The number of aromatic nitrogens is 2. The van der Waals surface area contributed by atoms with Crippen LogP contribution in [0.4, 0.5) is 46.0 Å². The van der Waals surface area contributed by atoms with E-state index < -0.39 is 0 Å². The number of hydrogen-bond donors (Lipinski definition) is 4. The van der Waals surface area contributed by atoms with E-state index in [-0.39, 0.29) is 23.4 Å². The molecule has 35 heavy (non-hydrogen) atoms.